The van der Waals surface area contributed by atoms with Gasteiger partial charge in [-0.2, -0.15) is 10.4 Å². The summed E-state index contributed by atoms with van der Waals surface area (Å²) in [6.45, 7) is 1.83. The quantitative estimate of drug-likeness (QED) is 0.857. The number of benzene rings is 1. The minimum atomic E-state index is 0.590. The van der Waals surface area contributed by atoms with Crippen LogP contribution in [-0.2, 0) is 7.05 Å². The van der Waals surface area contributed by atoms with Crippen molar-refractivity contribution in [3.8, 4) is 6.07 Å². The molecule has 1 aromatic carbocycles. The van der Waals surface area contributed by atoms with Crippen LogP contribution in [-0.4, -0.2) is 9.78 Å². The Morgan fingerprint density at radius 1 is 1.41 bits per heavy atom. The molecule has 0 aliphatic rings. The van der Waals surface area contributed by atoms with Gasteiger partial charge in [0.2, 0.25) is 0 Å². The maximum absolute atomic E-state index is 9.11. The fraction of sp³-hybridized carbons (Fsp3) is 0.167. The lowest BCUT2D eigenvalue weighted by Crippen LogP contribution is -2.01. The predicted molar refractivity (Wildman–Crippen MR) is 75.1 cm³/mol. The molecule has 0 spiro atoms. The van der Waals surface area contributed by atoms with E-state index in [1.807, 2.05) is 38.2 Å². The molecule has 0 unspecified atom stereocenters. The average molecular weight is 338 g/mol. The van der Waals surface area contributed by atoms with Gasteiger partial charge < -0.3 is 5.32 Å². The zero-order valence-corrected chi connectivity index (χ0v) is 11.7. The van der Waals surface area contributed by atoms with Crippen LogP contribution in [0.25, 0.3) is 0 Å². The summed E-state index contributed by atoms with van der Waals surface area (Å²) >= 11 is 2.25. The number of halogens is 1. The topological polar surface area (TPSA) is 53.6 Å². The number of aromatic nitrogens is 2. The molecule has 0 bridgehead atoms. The molecule has 4 nitrogen and oxygen atoms in total. The molecule has 2 rings (SSSR count). The highest BCUT2D eigenvalue weighted by Crippen LogP contribution is 2.25. The number of hydrogen-bond acceptors (Lipinski definition) is 3. The van der Waals surface area contributed by atoms with Crippen molar-refractivity contribution in [1.29, 1.82) is 5.26 Å². The number of nitrogens with zero attached hydrogens (tertiary/aromatic N) is 3. The van der Waals surface area contributed by atoms with Gasteiger partial charge >= 0.3 is 0 Å². The van der Waals surface area contributed by atoms with Crippen LogP contribution in [0.15, 0.2) is 24.3 Å². The Morgan fingerprint density at radius 3 is 2.76 bits per heavy atom. The first kappa shape index (κ1) is 11.9. The summed E-state index contributed by atoms with van der Waals surface area (Å²) in [5, 5.41) is 16.6. The first-order chi connectivity index (χ1) is 8.13. The van der Waals surface area contributed by atoms with Crippen LogP contribution in [0.3, 0.4) is 0 Å². The lowest BCUT2D eigenvalue weighted by atomic mass is 10.2. The fourth-order valence-corrected chi connectivity index (χ4v) is 2.15. The summed E-state index contributed by atoms with van der Waals surface area (Å²) in [5.41, 5.74) is 2.31. The second kappa shape index (κ2) is 4.75. The molecule has 5 heteroatoms. The minimum absolute atomic E-state index is 0.590. The third kappa shape index (κ3) is 2.26. The van der Waals surface area contributed by atoms with Crippen LogP contribution in [0.2, 0.25) is 0 Å². The SMILES string of the molecule is Cc1nn(C)c(Nc2ccccc2I)c1C#N. The minimum Gasteiger partial charge on any atom is -0.338 e. The van der Waals surface area contributed by atoms with E-state index in [4.69, 9.17) is 5.26 Å². The molecule has 2 aromatic rings. The Morgan fingerprint density at radius 2 is 2.12 bits per heavy atom. The van der Waals surface area contributed by atoms with Crippen LogP contribution < -0.4 is 5.32 Å². The molecular weight excluding hydrogens is 327 g/mol. The first-order valence-corrected chi connectivity index (χ1v) is 6.16. The van der Waals surface area contributed by atoms with Crippen LogP contribution in [0.1, 0.15) is 11.3 Å². The number of rotatable bonds is 2. The number of nitrogens with one attached hydrogen (secondary N) is 1. The van der Waals surface area contributed by atoms with Gasteiger partial charge in [0.05, 0.1) is 11.4 Å². The van der Waals surface area contributed by atoms with E-state index in [2.05, 4.69) is 39.1 Å². The van der Waals surface area contributed by atoms with Gasteiger partial charge in [-0.3, -0.25) is 4.68 Å². The van der Waals surface area contributed by atoms with E-state index < -0.39 is 0 Å². The largest absolute Gasteiger partial charge is 0.338 e. The van der Waals surface area contributed by atoms with Gasteiger partial charge in [0.1, 0.15) is 17.5 Å². The van der Waals surface area contributed by atoms with E-state index >= 15 is 0 Å². The lowest BCUT2D eigenvalue weighted by Gasteiger charge is -2.08. The lowest BCUT2D eigenvalue weighted by molar-refractivity contribution is 0.765. The molecule has 1 aromatic heterocycles. The second-order valence-electron chi connectivity index (χ2n) is 3.65. The second-order valence-corrected chi connectivity index (χ2v) is 4.81. The third-order valence-corrected chi connectivity index (χ3v) is 3.40. The molecule has 0 fully saturated rings. The van der Waals surface area contributed by atoms with Crippen LogP contribution >= 0.6 is 22.6 Å². The van der Waals surface area contributed by atoms with Crippen molar-refractivity contribution in [2.45, 2.75) is 6.92 Å². The van der Waals surface area contributed by atoms with E-state index in [0.29, 0.717) is 5.56 Å². The van der Waals surface area contributed by atoms with Gasteiger partial charge in [-0.1, -0.05) is 12.1 Å². The van der Waals surface area contributed by atoms with E-state index in [0.717, 1.165) is 20.8 Å². The van der Waals surface area contributed by atoms with Crippen molar-refractivity contribution in [2.24, 2.45) is 7.05 Å². The van der Waals surface area contributed by atoms with Crippen molar-refractivity contribution in [1.82, 2.24) is 9.78 Å². The summed E-state index contributed by atoms with van der Waals surface area (Å²) in [7, 11) is 1.83. The van der Waals surface area contributed by atoms with Crippen LogP contribution in [0.5, 0.6) is 0 Å². The normalized spacial score (nSPS) is 10.0. The molecule has 17 heavy (non-hydrogen) atoms. The van der Waals surface area contributed by atoms with Crippen molar-refractivity contribution in [3.05, 3.63) is 39.1 Å². The highest BCUT2D eigenvalue weighted by Gasteiger charge is 2.13. The molecule has 0 radical (unpaired) electrons. The van der Waals surface area contributed by atoms with Crippen LogP contribution in [0.4, 0.5) is 11.5 Å². The van der Waals surface area contributed by atoms with Gasteiger partial charge in [-0.25, -0.2) is 0 Å². The molecule has 0 aliphatic heterocycles. The first-order valence-electron chi connectivity index (χ1n) is 5.08. The Labute approximate surface area is 113 Å². The molecule has 0 atom stereocenters. The molecular formula is C12H11IN4. The van der Waals surface area contributed by atoms with Crippen molar-refractivity contribution >= 4 is 34.1 Å². The van der Waals surface area contributed by atoms with Crippen molar-refractivity contribution < 1.29 is 0 Å². The van der Waals surface area contributed by atoms with Crippen molar-refractivity contribution in [3.63, 3.8) is 0 Å². The summed E-state index contributed by atoms with van der Waals surface area (Å²) in [6.07, 6.45) is 0. The van der Waals surface area contributed by atoms with E-state index in [1.54, 1.807) is 4.68 Å². The Bertz CT molecular complexity index is 595. The zero-order valence-electron chi connectivity index (χ0n) is 9.53. The standard InChI is InChI=1S/C12H11IN4/c1-8-9(7-14)12(17(2)16-8)15-11-6-4-3-5-10(11)13/h3-6,15H,1-2H3. The average Bonchev–Trinajstić information content (AvgIpc) is 2.56. The molecule has 0 amide bonds. The molecule has 0 saturated heterocycles. The summed E-state index contributed by atoms with van der Waals surface area (Å²) in [6, 6.07) is 10.1. The molecule has 1 N–H and O–H groups in total. The fourth-order valence-electron chi connectivity index (χ4n) is 1.63. The van der Waals surface area contributed by atoms with Gasteiger partial charge in [0.25, 0.3) is 0 Å². The van der Waals surface area contributed by atoms with Crippen molar-refractivity contribution in [2.75, 3.05) is 5.32 Å². The Balaban J connectivity index is 2.44. The Kier molecular flexibility index (Phi) is 3.33. The van der Waals surface area contributed by atoms with Gasteiger partial charge in [0, 0.05) is 10.6 Å². The molecule has 0 aliphatic carbocycles. The number of hydrogen-bond donors (Lipinski definition) is 1. The number of nitriles is 1. The summed E-state index contributed by atoms with van der Waals surface area (Å²) in [5.74, 6) is 0.731. The number of para-hydroxylation sites is 1. The van der Waals surface area contributed by atoms with Gasteiger partial charge in [0.15, 0.2) is 0 Å². The third-order valence-electron chi connectivity index (χ3n) is 2.46. The highest BCUT2D eigenvalue weighted by atomic mass is 127. The maximum Gasteiger partial charge on any atom is 0.146 e. The molecule has 0 saturated carbocycles. The molecule has 86 valence electrons. The molecule has 1 heterocycles. The van der Waals surface area contributed by atoms with E-state index in [9.17, 15) is 0 Å². The monoisotopic (exact) mass is 338 g/mol. The van der Waals surface area contributed by atoms with Gasteiger partial charge in [-0.05, 0) is 41.6 Å². The van der Waals surface area contributed by atoms with Gasteiger partial charge in [-0.15, -0.1) is 0 Å². The number of aryl methyl sites for hydroxylation is 2. The summed E-state index contributed by atoms with van der Waals surface area (Å²) < 4.78 is 2.80. The number of anilines is 2. The smallest absolute Gasteiger partial charge is 0.146 e. The highest BCUT2D eigenvalue weighted by molar-refractivity contribution is 14.1. The van der Waals surface area contributed by atoms with E-state index in [1.165, 1.54) is 0 Å². The Hall–Kier alpha value is -1.55. The van der Waals surface area contributed by atoms with Crippen LogP contribution in [0, 0.1) is 21.8 Å². The zero-order chi connectivity index (χ0) is 12.4. The maximum atomic E-state index is 9.11. The summed E-state index contributed by atoms with van der Waals surface area (Å²) in [4.78, 5) is 0. The van der Waals surface area contributed by atoms with E-state index in [-0.39, 0.29) is 0 Å². The predicted octanol–water partition coefficient (Wildman–Crippen LogP) is 2.95.